The fourth-order valence-electron chi connectivity index (χ4n) is 3.39. The first-order valence-electron chi connectivity index (χ1n) is 9.14. The van der Waals surface area contributed by atoms with Crippen LogP contribution in [-0.2, 0) is 12.0 Å². The highest BCUT2D eigenvalue weighted by Gasteiger charge is 2.37. The summed E-state index contributed by atoms with van der Waals surface area (Å²) < 4.78 is 5.82. The van der Waals surface area contributed by atoms with Crippen LogP contribution in [0.3, 0.4) is 0 Å². The number of nitrogens with zero attached hydrogens (tertiary/aromatic N) is 2. The molecule has 1 fully saturated rings. The Morgan fingerprint density at radius 3 is 2.44 bits per heavy atom. The topological polar surface area (TPSA) is 62.5 Å². The number of hydrogen-bond donors (Lipinski definition) is 2. The first kappa shape index (κ1) is 22.3. The van der Waals surface area contributed by atoms with Gasteiger partial charge in [0.25, 0.3) is 0 Å². The minimum Gasteiger partial charge on any atom is -0.443 e. The van der Waals surface area contributed by atoms with E-state index in [1.165, 1.54) is 25.7 Å². The first-order chi connectivity index (χ1) is 11.2. The molecule has 1 aliphatic carbocycles. The van der Waals surface area contributed by atoms with Crippen LogP contribution in [0, 0.1) is 11.3 Å². The van der Waals surface area contributed by atoms with Crippen LogP contribution >= 0.6 is 24.0 Å². The van der Waals surface area contributed by atoms with Gasteiger partial charge in [-0.25, -0.2) is 4.98 Å². The molecule has 0 bridgehead atoms. The molecule has 0 spiro atoms. The van der Waals surface area contributed by atoms with Crippen molar-refractivity contribution in [2.75, 3.05) is 13.6 Å². The Balaban J connectivity index is 0.00000312. The second kappa shape index (κ2) is 9.24. The molecule has 2 rings (SSSR count). The lowest BCUT2D eigenvalue weighted by Gasteiger charge is -2.43. The lowest BCUT2D eigenvalue weighted by molar-refractivity contribution is 0.104. The van der Waals surface area contributed by atoms with Crippen LogP contribution in [0.1, 0.15) is 72.0 Å². The van der Waals surface area contributed by atoms with E-state index in [9.17, 15) is 0 Å². The summed E-state index contributed by atoms with van der Waals surface area (Å²) in [7, 11) is 1.81. The highest BCUT2D eigenvalue weighted by molar-refractivity contribution is 14.0. The molecule has 0 saturated heterocycles. The molecule has 1 aromatic heterocycles. The molecular formula is C19H35IN4O. The van der Waals surface area contributed by atoms with Gasteiger partial charge < -0.3 is 15.1 Å². The van der Waals surface area contributed by atoms with E-state index in [1.807, 2.05) is 6.20 Å². The maximum atomic E-state index is 5.82. The summed E-state index contributed by atoms with van der Waals surface area (Å²) in [5, 5.41) is 6.80. The van der Waals surface area contributed by atoms with Crippen LogP contribution < -0.4 is 10.6 Å². The van der Waals surface area contributed by atoms with Crippen LogP contribution in [0.15, 0.2) is 15.6 Å². The van der Waals surface area contributed by atoms with Gasteiger partial charge in [0.05, 0.1) is 12.7 Å². The van der Waals surface area contributed by atoms with Crippen molar-refractivity contribution in [1.82, 2.24) is 15.6 Å². The number of guanidine groups is 1. The maximum absolute atomic E-state index is 5.82. The average molecular weight is 462 g/mol. The third-order valence-electron chi connectivity index (χ3n) is 4.81. The SMILES string of the molecule is CN=C(NCc1ncc(C(C)(C)C)o1)NCC1(CC(C)C)CCC1.I. The van der Waals surface area contributed by atoms with Gasteiger partial charge in [-0.1, -0.05) is 41.0 Å². The summed E-state index contributed by atoms with van der Waals surface area (Å²) in [5.41, 5.74) is 0.437. The Morgan fingerprint density at radius 2 is 2.00 bits per heavy atom. The second-order valence-electron chi connectivity index (χ2n) is 8.60. The van der Waals surface area contributed by atoms with Gasteiger partial charge in [-0.2, -0.15) is 0 Å². The van der Waals surface area contributed by atoms with E-state index in [0.29, 0.717) is 17.9 Å². The van der Waals surface area contributed by atoms with Gasteiger partial charge >= 0.3 is 0 Å². The smallest absolute Gasteiger partial charge is 0.213 e. The molecule has 0 unspecified atom stereocenters. The highest BCUT2D eigenvalue weighted by Crippen LogP contribution is 2.45. The molecular weight excluding hydrogens is 427 g/mol. The van der Waals surface area contributed by atoms with E-state index < -0.39 is 0 Å². The van der Waals surface area contributed by atoms with E-state index in [0.717, 1.165) is 24.2 Å². The largest absolute Gasteiger partial charge is 0.443 e. The van der Waals surface area contributed by atoms with Crippen molar-refractivity contribution in [2.45, 2.75) is 72.3 Å². The van der Waals surface area contributed by atoms with Crippen molar-refractivity contribution in [3.63, 3.8) is 0 Å². The predicted octanol–water partition coefficient (Wildman–Crippen LogP) is 4.47. The number of hydrogen-bond acceptors (Lipinski definition) is 3. The normalized spacial score (nSPS) is 17.0. The van der Waals surface area contributed by atoms with Gasteiger partial charge in [0.2, 0.25) is 5.89 Å². The molecule has 1 aliphatic rings. The zero-order valence-electron chi connectivity index (χ0n) is 16.6. The summed E-state index contributed by atoms with van der Waals surface area (Å²) in [6.07, 6.45) is 7.10. The lowest BCUT2D eigenvalue weighted by atomic mass is 9.64. The van der Waals surface area contributed by atoms with Gasteiger partial charge in [0.15, 0.2) is 5.96 Å². The summed E-state index contributed by atoms with van der Waals surface area (Å²) in [6.45, 7) is 12.5. The quantitative estimate of drug-likeness (QED) is 0.372. The third-order valence-corrected chi connectivity index (χ3v) is 4.81. The van der Waals surface area contributed by atoms with Gasteiger partial charge in [-0.3, -0.25) is 4.99 Å². The number of oxazole rings is 1. The number of rotatable bonds is 6. The Hall–Kier alpha value is -0.790. The van der Waals surface area contributed by atoms with Gasteiger partial charge in [-0.05, 0) is 30.6 Å². The molecule has 1 heterocycles. The van der Waals surface area contributed by atoms with E-state index in [4.69, 9.17) is 4.42 Å². The molecule has 6 heteroatoms. The maximum Gasteiger partial charge on any atom is 0.213 e. The van der Waals surface area contributed by atoms with Crippen molar-refractivity contribution in [3.05, 3.63) is 17.8 Å². The van der Waals surface area contributed by atoms with Crippen LogP contribution in [0.2, 0.25) is 0 Å². The Kier molecular flexibility index (Phi) is 8.22. The van der Waals surface area contributed by atoms with Crippen molar-refractivity contribution in [3.8, 4) is 0 Å². The van der Waals surface area contributed by atoms with Gasteiger partial charge in [0.1, 0.15) is 5.76 Å². The fraction of sp³-hybridized carbons (Fsp3) is 0.789. The van der Waals surface area contributed by atoms with E-state index in [1.54, 1.807) is 7.05 Å². The standard InChI is InChI=1S/C19H34N4O.HI/c1-14(2)10-19(8-7-9-19)13-23-17(20-6)22-12-16-21-11-15(24-16)18(3,4)5;/h11,14H,7-10,12-13H2,1-6H3,(H2,20,22,23);1H. The molecule has 0 amide bonds. The van der Waals surface area contributed by atoms with Crippen LogP contribution in [0.4, 0.5) is 0 Å². The number of nitrogens with one attached hydrogen (secondary N) is 2. The van der Waals surface area contributed by atoms with E-state index >= 15 is 0 Å². The molecule has 0 aliphatic heterocycles. The van der Waals surface area contributed by atoms with E-state index in [2.05, 4.69) is 55.2 Å². The molecule has 2 N–H and O–H groups in total. The fourth-order valence-corrected chi connectivity index (χ4v) is 3.39. The highest BCUT2D eigenvalue weighted by atomic mass is 127. The molecule has 25 heavy (non-hydrogen) atoms. The van der Waals surface area contributed by atoms with Crippen LogP contribution in [0.5, 0.6) is 0 Å². The summed E-state index contributed by atoms with van der Waals surface area (Å²) in [6, 6.07) is 0. The molecule has 0 atom stereocenters. The van der Waals surface area contributed by atoms with Gasteiger partial charge in [0, 0.05) is 19.0 Å². The summed E-state index contributed by atoms with van der Waals surface area (Å²) in [5.74, 6) is 3.17. The number of halogens is 1. The van der Waals surface area contributed by atoms with Crippen molar-refractivity contribution in [2.24, 2.45) is 16.3 Å². The minimum atomic E-state index is -0.0153. The third kappa shape index (κ3) is 6.46. The molecule has 0 radical (unpaired) electrons. The first-order valence-corrected chi connectivity index (χ1v) is 9.14. The lowest BCUT2D eigenvalue weighted by Crippen LogP contribution is -2.46. The Labute approximate surface area is 169 Å². The monoisotopic (exact) mass is 462 g/mol. The van der Waals surface area contributed by atoms with Crippen molar-refractivity contribution < 1.29 is 4.42 Å². The van der Waals surface area contributed by atoms with Crippen molar-refractivity contribution >= 4 is 29.9 Å². The van der Waals surface area contributed by atoms with Crippen LogP contribution in [0.25, 0.3) is 0 Å². The molecule has 1 saturated carbocycles. The predicted molar refractivity (Wildman–Crippen MR) is 115 cm³/mol. The van der Waals surface area contributed by atoms with Gasteiger partial charge in [-0.15, -0.1) is 24.0 Å². The van der Waals surface area contributed by atoms with E-state index in [-0.39, 0.29) is 29.4 Å². The second-order valence-corrected chi connectivity index (χ2v) is 8.60. The molecule has 144 valence electrons. The van der Waals surface area contributed by atoms with Crippen LogP contribution in [-0.4, -0.2) is 24.5 Å². The average Bonchev–Trinajstić information content (AvgIpc) is 2.93. The molecule has 5 nitrogen and oxygen atoms in total. The number of aromatic nitrogens is 1. The molecule has 1 aromatic rings. The Bertz CT molecular complexity index is 556. The van der Waals surface area contributed by atoms with Crippen molar-refractivity contribution in [1.29, 1.82) is 0 Å². The molecule has 0 aromatic carbocycles. The Morgan fingerprint density at radius 1 is 1.32 bits per heavy atom. The summed E-state index contributed by atoms with van der Waals surface area (Å²) >= 11 is 0. The minimum absolute atomic E-state index is 0. The summed E-state index contributed by atoms with van der Waals surface area (Å²) in [4.78, 5) is 8.68. The zero-order valence-corrected chi connectivity index (χ0v) is 18.9. The zero-order chi connectivity index (χ0) is 17.8. The number of aliphatic imine (C=N–C) groups is 1.